The number of nitrogens with one attached hydrogen (secondary N) is 2. The number of anilines is 1. The van der Waals surface area contributed by atoms with Gasteiger partial charge in [0.05, 0.1) is 12.3 Å². The Morgan fingerprint density at radius 2 is 1.62 bits per heavy atom. The van der Waals surface area contributed by atoms with Gasteiger partial charge in [0.2, 0.25) is 0 Å². The van der Waals surface area contributed by atoms with Crippen molar-refractivity contribution in [3.8, 4) is 0 Å². The van der Waals surface area contributed by atoms with Crippen LogP contribution in [0.5, 0.6) is 0 Å². The van der Waals surface area contributed by atoms with Crippen LogP contribution in [0.15, 0.2) is 90.0 Å². The molecule has 0 radical (unpaired) electrons. The first-order valence-electron chi connectivity index (χ1n) is 9.58. The summed E-state index contributed by atoms with van der Waals surface area (Å²) in [6, 6.07) is 25.9. The normalized spacial score (nSPS) is 11.4. The molecule has 29 heavy (non-hydrogen) atoms. The first kappa shape index (κ1) is 20.1. The van der Waals surface area contributed by atoms with Crippen molar-refractivity contribution >= 4 is 23.4 Å². The molecule has 0 bridgehead atoms. The Bertz CT molecular complexity index is 1010. The Kier molecular flexibility index (Phi) is 6.95. The minimum Gasteiger partial charge on any atom is -0.376 e. The number of benzene rings is 3. The highest BCUT2D eigenvalue weighted by Gasteiger charge is 2.04. The Morgan fingerprint density at radius 1 is 0.931 bits per heavy atom. The molecule has 3 aromatic rings. The maximum atomic E-state index is 12.3. The number of allylic oxidation sites excluding steroid dienone is 1. The van der Waals surface area contributed by atoms with Crippen molar-refractivity contribution < 1.29 is 4.79 Å². The maximum absolute atomic E-state index is 12.3. The lowest BCUT2D eigenvalue weighted by molar-refractivity contribution is -0.119. The molecule has 0 aliphatic rings. The molecule has 1 amide bonds. The summed E-state index contributed by atoms with van der Waals surface area (Å²) in [5.41, 5.74) is 8.59. The predicted molar refractivity (Wildman–Crippen MR) is 121 cm³/mol. The highest BCUT2D eigenvalue weighted by atomic mass is 16.2. The van der Waals surface area contributed by atoms with Crippen LogP contribution in [0.25, 0.3) is 6.08 Å². The number of rotatable bonds is 7. The standard InChI is InChI=1S/C25H25N3O/c1-19-13-15-23(20(2)17-19)26-18-25(29)28-27-24(22-11-7-4-8-12-22)16-14-21-9-5-3-6-10-21/h3-17,26H,18H2,1-2H3,(H,28,29). The van der Waals surface area contributed by atoms with Crippen molar-refractivity contribution in [3.63, 3.8) is 0 Å². The lowest BCUT2D eigenvalue weighted by Gasteiger charge is -2.09. The van der Waals surface area contributed by atoms with Crippen LogP contribution in [0.2, 0.25) is 0 Å². The molecule has 4 heteroatoms. The van der Waals surface area contributed by atoms with Crippen LogP contribution >= 0.6 is 0 Å². The molecular weight excluding hydrogens is 358 g/mol. The van der Waals surface area contributed by atoms with Crippen LogP contribution in [0.3, 0.4) is 0 Å². The average Bonchev–Trinajstić information content (AvgIpc) is 2.74. The third-order valence-corrected chi connectivity index (χ3v) is 4.43. The molecule has 0 unspecified atom stereocenters. The molecule has 146 valence electrons. The minimum atomic E-state index is -0.202. The molecular formula is C25H25N3O. The predicted octanol–water partition coefficient (Wildman–Crippen LogP) is 4.95. The van der Waals surface area contributed by atoms with Crippen LogP contribution in [0.4, 0.5) is 5.69 Å². The van der Waals surface area contributed by atoms with Crippen molar-refractivity contribution in [3.05, 3.63) is 107 Å². The maximum Gasteiger partial charge on any atom is 0.259 e. The van der Waals surface area contributed by atoms with E-state index in [1.165, 1.54) is 5.56 Å². The fourth-order valence-corrected chi connectivity index (χ4v) is 2.90. The van der Waals surface area contributed by atoms with Gasteiger partial charge in [-0.25, -0.2) is 5.43 Å². The summed E-state index contributed by atoms with van der Waals surface area (Å²) >= 11 is 0. The molecule has 0 atom stereocenters. The summed E-state index contributed by atoms with van der Waals surface area (Å²) in [6.07, 6.45) is 3.88. The van der Waals surface area contributed by atoms with Crippen molar-refractivity contribution in [2.45, 2.75) is 13.8 Å². The number of aryl methyl sites for hydroxylation is 2. The van der Waals surface area contributed by atoms with E-state index in [9.17, 15) is 4.79 Å². The zero-order valence-electron chi connectivity index (χ0n) is 16.7. The van der Waals surface area contributed by atoms with Gasteiger partial charge in [0.15, 0.2) is 0 Å². The molecule has 0 fully saturated rings. The van der Waals surface area contributed by atoms with Gasteiger partial charge in [-0.15, -0.1) is 0 Å². The Morgan fingerprint density at radius 3 is 2.31 bits per heavy atom. The van der Waals surface area contributed by atoms with Gasteiger partial charge in [-0.05, 0) is 37.1 Å². The second-order valence-electron chi connectivity index (χ2n) is 6.81. The fourth-order valence-electron chi connectivity index (χ4n) is 2.90. The number of hydrazone groups is 1. The van der Waals surface area contributed by atoms with Crippen molar-refractivity contribution in [1.29, 1.82) is 0 Å². The van der Waals surface area contributed by atoms with E-state index in [0.717, 1.165) is 22.4 Å². The lowest BCUT2D eigenvalue weighted by atomic mass is 10.1. The quantitative estimate of drug-likeness (QED) is 0.448. The van der Waals surface area contributed by atoms with Gasteiger partial charge in [0.1, 0.15) is 0 Å². The SMILES string of the molecule is Cc1ccc(NCC(=O)NN=C(C=Cc2ccccc2)c2ccccc2)c(C)c1. The molecule has 0 heterocycles. The zero-order chi connectivity index (χ0) is 20.5. The first-order chi connectivity index (χ1) is 14.1. The summed E-state index contributed by atoms with van der Waals surface area (Å²) in [6.45, 7) is 4.22. The van der Waals surface area contributed by atoms with E-state index < -0.39 is 0 Å². The van der Waals surface area contributed by atoms with Gasteiger partial charge in [-0.2, -0.15) is 5.10 Å². The van der Waals surface area contributed by atoms with E-state index in [0.29, 0.717) is 5.71 Å². The van der Waals surface area contributed by atoms with E-state index in [4.69, 9.17) is 0 Å². The number of hydrogen-bond donors (Lipinski definition) is 2. The summed E-state index contributed by atoms with van der Waals surface area (Å²) in [4.78, 5) is 12.3. The van der Waals surface area contributed by atoms with E-state index in [2.05, 4.69) is 21.9 Å². The minimum absolute atomic E-state index is 0.151. The number of hydrogen-bond acceptors (Lipinski definition) is 3. The topological polar surface area (TPSA) is 53.5 Å². The van der Waals surface area contributed by atoms with Crippen molar-refractivity contribution in [1.82, 2.24) is 5.43 Å². The molecule has 0 saturated heterocycles. The van der Waals surface area contributed by atoms with Crippen LogP contribution < -0.4 is 10.7 Å². The third kappa shape index (κ3) is 6.18. The van der Waals surface area contributed by atoms with Gasteiger partial charge >= 0.3 is 0 Å². The van der Waals surface area contributed by atoms with E-state index in [1.54, 1.807) is 0 Å². The van der Waals surface area contributed by atoms with Crippen LogP contribution in [0, 0.1) is 13.8 Å². The molecule has 2 N–H and O–H groups in total. The first-order valence-corrected chi connectivity index (χ1v) is 9.58. The van der Waals surface area contributed by atoms with E-state index >= 15 is 0 Å². The highest BCUT2D eigenvalue weighted by molar-refractivity contribution is 6.11. The molecule has 0 aliphatic heterocycles. The van der Waals surface area contributed by atoms with E-state index in [1.807, 2.05) is 98.8 Å². The molecule has 3 rings (SSSR count). The van der Waals surface area contributed by atoms with E-state index in [-0.39, 0.29) is 12.5 Å². The van der Waals surface area contributed by atoms with Gasteiger partial charge < -0.3 is 5.32 Å². The molecule has 0 saturated carbocycles. The second-order valence-corrected chi connectivity index (χ2v) is 6.81. The Labute approximate surface area is 172 Å². The Hall–Kier alpha value is -3.66. The monoisotopic (exact) mass is 383 g/mol. The lowest BCUT2D eigenvalue weighted by Crippen LogP contribution is -2.27. The highest BCUT2D eigenvalue weighted by Crippen LogP contribution is 2.15. The molecule has 4 nitrogen and oxygen atoms in total. The summed E-state index contributed by atoms with van der Waals surface area (Å²) in [5.74, 6) is -0.202. The van der Waals surface area contributed by atoms with Gasteiger partial charge in [0.25, 0.3) is 5.91 Å². The van der Waals surface area contributed by atoms with Gasteiger partial charge in [-0.1, -0.05) is 84.4 Å². The van der Waals surface area contributed by atoms with Gasteiger partial charge in [0, 0.05) is 11.3 Å². The summed E-state index contributed by atoms with van der Waals surface area (Å²) in [7, 11) is 0. The molecule has 3 aromatic carbocycles. The second kappa shape index (κ2) is 10.0. The number of amides is 1. The van der Waals surface area contributed by atoms with Crippen LogP contribution in [-0.2, 0) is 4.79 Å². The smallest absolute Gasteiger partial charge is 0.259 e. The van der Waals surface area contributed by atoms with Crippen molar-refractivity contribution in [2.24, 2.45) is 5.10 Å². The number of nitrogens with zero attached hydrogens (tertiary/aromatic N) is 1. The Balaban J connectivity index is 1.68. The largest absolute Gasteiger partial charge is 0.376 e. The van der Waals surface area contributed by atoms with Crippen LogP contribution in [0.1, 0.15) is 22.3 Å². The fraction of sp³-hybridized carbons (Fsp3) is 0.120. The third-order valence-electron chi connectivity index (χ3n) is 4.43. The average molecular weight is 383 g/mol. The number of carbonyl (C=O) groups excluding carboxylic acids is 1. The van der Waals surface area contributed by atoms with Crippen molar-refractivity contribution in [2.75, 3.05) is 11.9 Å². The molecule has 0 aromatic heterocycles. The zero-order valence-corrected chi connectivity index (χ0v) is 16.7. The van der Waals surface area contributed by atoms with Gasteiger partial charge in [-0.3, -0.25) is 4.79 Å². The molecule has 0 aliphatic carbocycles. The summed E-state index contributed by atoms with van der Waals surface area (Å²) < 4.78 is 0. The van der Waals surface area contributed by atoms with Crippen LogP contribution in [-0.4, -0.2) is 18.2 Å². The number of carbonyl (C=O) groups is 1. The summed E-state index contributed by atoms with van der Waals surface area (Å²) in [5, 5.41) is 7.51. The molecule has 0 spiro atoms.